The molecular formula is C26H34N4OS. The first kappa shape index (κ1) is 22.6. The lowest BCUT2D eigenvalue weighted by atomic mass is 9.99. The fourth-order valence-corrected chi connectivity index (χ4v) is 5.08. The van der Waals surface area contributed by atoms with Gasteiger partial charge in [0.2, 0.25) is 5.91 Å². The van der Waals surface area contributed by atoms with Crippen molar-refractivity contribution < 1.29 is 4.79 Å². The molecule has 2 N–H and O–H groups in total. The number of rotatable bonds is 5. The van der Waals surface area contributed by atoms with E-state index in [0.29, 0.717) is 11.5 Å². The maximum Gasteiger partial charge on any atom is 0.227 e. The second-order valence-electron chi connectivity index (χ2n) is 9.26. The van der Waals surface area contributed by atoms with E-state index < -0.39 is 0 Å². The largest absolute Gasteiger partial charge is 0.371 e. The SMILES string of the molecule is Cc1cc(NC(=S)N[C@@H](C)c2ccc(N3CCC[C@@H](C)C3)cc2)ccc1N1CCCC1=O. The smallest absolute Gasteiger partial charge is 0.227 e. The molecular weight excluding hydrogens is 416 g/mol. The van der Waals surface area contributed by atoms with Gasteiger partial charge in [0.1, 0.15) is 0 Å². The molecule has 5 nitrogen and oxygen atoms in total. The summed E-state index contributed by atoms with van der Waals surface area (Å²) < 4.78 is 0. The molecule has 6 heteroatoms. The number of anilines is 3. The summed E-state index contributed by atoms with van der Waals surface area (Å²) in [5.74, 6) is 0.974. The molecule has 0 saturated carbocycles. The number of hydrogen-bond acceptors (Lipinski definition) is 3. The monoisotopic (exact) mass is 450 g/mol. The number of nitrogens with zero attached hydrogens (tertiary/aromatic N) is 2. The first-order valence-corrected chi connectivity index (χ1v) is 12.1. The third kappa shape index (κ3) is 5.23. The molecule has 1 amide bonds. The number of nitrogens with one attached hydrogen (secondary N) is 2. The number of carbonyl (C=O) groups excluding carboxylic acids is 1. The Morgan fingerprint density at radius 3 is 2.56 bits per heavy atom. The van der Waals surface area contributed by atoms with Crippen molar-refractivity contribution >= 4 is 40.3 Å². The van der Waals surface area contributed by atoms with Crippen LogP contribution in [0.25, 0.3) is 0 Å². The second kappa shape index (κ2) is 9.90. The standard InChI is InChI=1S/C26H34N4OS/c1-18-6-4-14-29(17-18)23-11-8-21(9-12-23)20(3)27-26(32)28-22-10-13-24(19(2)16-22)30-15-5-7-25(30)31/h8-13,16,18,20H,4-7,14-15,17H2,1-3H3,(H2,27,28,32)/t18-,20+/m1/s1. The van der Waals surface area contributed by atoms with Gasteiger partial charge >= 0.3 is 0 Å². The van der Waals surface area contributed by atoms with Gasteiger partial charge in [0, 0.05) is 43.1 Å². The van der Waals surface area contributed by atoms with Crippen molar-refractivity contribution in [2.24, 2.45) is 5.92 Å². The van der Waals surface area contributed by atoms with E-state index in [-0.39, 0.29) is 11.9 Å². The zero-order chi connectivity index (χ0) is 22.7. The molecule has 2 aromatic rings. The van der Waals surface area contributed by atoms with Gasteiger partial charge in [0.15, 0.2) is 5.11 Å². The molecule has 2 aliphatic rings. The van der Waals surface area contributed by atoms with Crippen LogP contribution in [-0.4, -0.2) is 30.7 Å². The normalized spacial score (nSPS) is 19.7. The molecule has 0 aliphatic carbocycles. The van der Waals surface area contributed by atoms with E-state index in [4.69, 9.17) is 12.2 Å². The van der Waals surface area contributed by atoms with Gasteiger partial charge in [0.05, 0.1) is 6.04 Å². The molecule has 32 heavy (non-hydrogen) atoms. The zero-order valence-corrected chi connectivity index (χ0v) is 20.2. The summed E-state index contributed by atoms with van der Waals surface area (Å²) in [4.78, 5) is 16.4. The van der Waals surface area contributed by atoms with Gasteiger partial charge in [-0.1, -0.05) is 19.1 Å². The average Bonchev–Trinajstić information content (AvgIpc) is 3.19. The molecule has 0 spiro atoms. The highest BCUT2D eigenvalue weighted by Gasteiger charge is 2.23. The quantitative estimate of drug-likeness (QED) is 0.597. The maximum absolute atomic E-state index is 12.0. The summed E-state index contributed by atoms with van der Waals surface area (Å²) in [5, 5.41) is 7.27. The van der Waals surface area contributed by atoms with E-state index in [1.807, 2.05) is 30.0 Å². The molecule has 2 aliphatic heterocycles. The summed E-state index contributed by atoms with van der Waals surface area (Å²) in [6, 6.07) is 15.0. The van der Waals surface area contributed by atoms with Gasteiger partial charge in [-0.15, -0.1) is 0 Å². The van der Waals surface area contributed by atoms with Crippen LogP contribution in [0.2, 0.25) is 0 Å². The average molecular weight is 451 g/mol. The van der Waals surface area contributed by atoms with Crippen molar-refractivity contribution in [1.29, 1.82) is 0 Å². The predicted molar refractivity (Wildman–Crippen MR) is 138 cm³/mol. The molecule has 2 aromatic carbocycles. The first-order valence-electron chi connectivity index (χ1n) is 11.7. The van der Waals surface area contributed by atoms with Gasteiger partial charge in [0.25, 0.3) is 0 Å². The Morgan fingerprint density at radius 2 is 1.91 bits per heavy atom. The zero-order valence-electron chi connectivity index (χ0n) is 19.4. The Hall–Kier alpha value is -2.60. The summed E-state index contributed by atoms with van der Waals surface area (Å²) in [5.41, 5.74) is 5.51. The van der Waals surface area contributed by atoms with Crippen LogP contribution in [-0.2, 0) is 4.79 Å². The fourth-order valence-electron chi connectivity index (χ4n) is 4.78. The van der Waals surface area contributed by atoms with E-state index >= 15 is 0 Å². The van der Waals surface area contributed by atoms with Gasteiger partial charge in [-0.25, -0.2) is 0 Å². The second-order valence-corrected chi connectivity index (χ2v) is 9.66. The van der Waals surface area contributed by atoms with Crippen LogP contribution in [0.5, 0.6) is 0 Å². The van der Waals surface area contributed by atoms with Crippen molar-refractivity contribution in [1.82, 2.24) is 5.32 Å². The molecule has 0 aromatic heterocycles. The first-order chi connectivity index (χ1) is 15.4. The lowest BCUT2D eigenvalue weighted by Crippen LogP contribution is -2.34. The van der Waals surface area contributed by atoms with Crippen LogP contribution >= 0.6 is 12.2 Å². The van der Waals surface area contributed by atoms with Crippen molar-refractivity contribution in [3.05, 3.63) is 53.6 Å². The van der Waals surface area contributed by atoms with Crippen molar-refractivity contribution in [2.45, 2.75) is 52.5 Å². The minimum atomic E-state index is 0.104. The number of carbonyl (C=O) groups is 1. The molecule has 0 bridgehead atoms. The Bertz CT molecular complexity index is 974. The van der Waals surface area contributed by atoms with Gasteiger partial charge in [-0.05, 0) is 92.7 Å². The highest BCUT2D eigenvalue weighted by atomic mass is 32.1. The molecule has 2 heterocycles. The van der Waals surface area contributed by atoms with Crippen LogP contribution in [0.4, 0.5) is 17.1 Å². The van der Waals surface area contributed by atoms with Crippen LogP contribution in [0.3, 0.4) is 0 Å². The number of hydrogen-bond donors (Lipinski definition) is 2. The lowest BCUT2D eigenvalue weighted by Gasteiger charge is -2.33. The van der Waals surface area contributed by atoms with E-state index in [2.05, 4.69) is 53.6 Å². The molecule has 0 unspecified atom stereocenters. The number of amides is 1. The minimum absolute atomic E-state index is 0.104. The Morgan fingerprint density at radius 1 is 1.12 bits per heavy atom. The van der Waals surface area contributed by atoms with Crippen LogP contribution in [0, 0.1) is 12.8 Å². The number of piperidine rings is 1. The predicted octanol–water partition coefficient (Wildman–Crippen LogP) is 5.41. The van der Waals surface area contributed by atoms with Gasteiger partial charge in [-0.2, -0.15) is 0 Å². The number of aryl methyl sites for hydroxylation is 1. The third-order valence-corrected chi connectivity index (χ3v) is 6.80. The van der Waals surface area contributed by atoms with Crippen LogP contribution in [0.15, 0.2) is 42.5 Å². The molecule has 0 radical (unpaired) electrons. The molecule has 2 fully saturated rings. The number of benzene rings is 2. The van der Waals surface area contributed by atoms with E-state index in [1.54, 1.807) is 0 Å². The maximum atomic E-state index is 12.0. The molecule has 2 saturated heterocycles. The summed E-state index contributed by atoms with van der Waals surface area (Å²) in [6.07, 6.45) is 4.18. The highest BCUT2D eigenvalue weighted by molar-refractivity contribution is 7.80. The topological polar surface area (TPSA) is 47.6 Å². The Kier molecular flexibility index (Phi) is 6.99. The summed E-state index contributed by atoms with van der Waals surface area (Å²) >= 11 is 5.56. The summed E-state index contributed by atoms with van der Waals surface area (Å²) in [6.45, 7) is 9.59. The van der Waals surface area contributed by atoms with E-state index in [1.165, 1.54) is 24.1 Å². The summed E-state index contributed by atoms with van der Waals surface area (Å²) in [7, 11) is 0. The third-order valence-electron chi connectivity index (χ3n) is 6.58. The van der Waals surface area contributed by atoms with E-state index in [9.17, 15) is 4.79 Å². The Balaban J connectivity index is 1.33. The number of thiocarbonyl (C=S) groups is 1. The lowest BCUT2D eigenvalue weighted by molar-refractivity contribution is -0.117. The molecule has 170 valence electrons. The van der Waals surface area contributed by atoms with Crippen LogP contribution < -0.4 is 20.4 Å². The fraction of sp³-hybridized carbons (Fsp3) is 0.462. The van der Waals surface area contributed by atoms with Crippen LogP contribution in [0.1, 0.15) is 56.7 Å². The van der Waals surface area contributed by atoms with Crippen molar-refractivity contribution in [3.8, 4) is 0 Å². The Labute approximate surface area is 197 Å². The van der Waals surface area contributed by atoms with Crippen molar-refractivity contribution in [3.63, 3.8) is 0 Å². The van der Waals surface area contributed by atoms with Crippen molar-refractivity contribution in [2.75, 3.05) is 34.8 Å². The molecule has 4 rings (SSSR count). The minimum Gasteiger partial charge on any atom is -0.371 e. The van der Waals surface area contributed by atoms with E-state index in [0.717, 1.165) is 48.9 Å². The van der Waals surface area contributed by atoms with Gasteiger partial charge < -0.3 is 20.4 Å². The van der Waals surface area contributed by atoms with Gasteiger partial charge in [-0.3, -0.25) is 4.79 Å². The molecule has 2 atom stereocenters. The highest BCUT2D eigenvalue weighted by Crippen LogP contribution is 2.28.